The minimum atomic E-state index is 0. The Balaban J connectivity index is 0.000000484. The third-order valence-corrected chi connectivity index (χ3v) is 11.2. The van der Waals surface area contributed by atoms with Crippen LogP contribution in [0.2, 0.25) is 0 Å². The molecule has 2 aromatic rings. The number of halogens is 4. The molecule has 6 atom stereocenters. The zero-order valence-electron chi connectivity index (χ0n) is 31.1. The molecule has 6 heterocycles. The Morgan fingerprint density at radius 2 is 1.00 bits per heavy atom. The fraction of sp³-hybridized carbons (Fsp3) is 0.722. The van der Waals surface area contributed by atoms with Crippen molar-refractivity contribution in [3.63, 3.8) is 0 Å². The van der Waals surface area contributed by atoms with Gasteiger partial charge in [-0.2, -0.15) is 0 Å². The maximum absolute atomic E-state index is 6.75. The average molecular weight is 885 g/mol. The molecule has 0 spiro atoms. The second kappa shape index (κ2) is 27.7. The van der Waals surface area contributed by atoms with Gasteiger partial charge in [0.25, 0.3) is 0 Å². The largest absolute Gasteiger partial charge is 2.00 e. The van der Waals surface area contributed by atoms with E-state index in [1.165, 1.54) is 13.0 Å². The molecule has 4 saturated heterocycles. The normalized spacial score (nSPS) is 28.8. The van der Waals surface area contributed by atoms with Gasteiger partial charge in [-0.15, -0.1) is 23.2 Å². The minimum Gasteiger partial charge on any atom is -1.00 e. The van der Waals surface area contributed by atoms with Crippen LogP contribution in [-0.4, -0.2) is 192 Å². The van der Waals surface area contributed by atoms with Gasteiger partial charge in [0, 0.05) is 130 Å². The van der Waals surface area contributed by atoms with Gasteiger partial charge in [0.15, 0.2) is 0 Å². The molecule has 0 aliphatic carbocycles. The zero-order valence-corrected chi connectivity index (χ0v) is 36.5. The van der Waals surface area contributed by atoms with Crippen LogP contribution in [-0.2, 0) is 47.2 Å². The number of aromatic nitrogens is 2. The minimum absolute atomic E-state index is 0. The van der Waals surface area contributed by atoms with Gasteiger partial charge in [0.1, 0.15) is 0 Å². The van der Waals surface area contributed by atoms with Gasteiger partial charge < -0.3 is 39.5 Å². The van der Waals surface area contributed by atoms with Crippen LogP contribution in [0.1, 0.15) is 24.2 Å². The summed E-state index contributed by atoms with van der Waals surface area (Å²) in [5.74, 6) is 0. The number of hydrogen-bond donors (Lipinski definition) is 0. The Hall–Kier alpha value is 0.179. The molecule has 4 bridgehead atoms. The molecule has 4 aliphatic rings. The number of fused-ring (bicyclic) bond motifs is 6. The van der Waals surface area contributed by atoms with Crippen LogP contribution in [0.5, 0.6) is 0 Å². The summed E-state index contributed by atoms with van der Waals surface area (Å²) in [7, 11) is 4.39. The third-order valence-electron chi connectivity index (χ3n) is 10.3. The Kier molecular flexibility index (Phi) is 26.8. The fourth-order valence-corrected chi connectivity index (χ4v) is 7.75. The fourth-order valence-electron chi connectivity index (χ4n) is 7.03. The van der Waals surface area contributed by atoms with Crippen molar-refractivity contribution >= 4 is 23.2 Å². The Morgan fingerprint density at radius 3 is 1.58 bits per heavy atom. The maximum atomic E-state index is 6.75. The molecular weight excluding hydrogens is 824 g/mol. The number of pyridine rings is 2. The Labute approximate surface area is 358 Å². The maximum Gasteiger partial charge on any atom is 2.00 e. The summed E-state index contributed by atoms with van der Waals surface area (Å²) in [5.41, 5.74) is 2.56. The summed E-state index contributed by atoms with van der Waals surface area (Å²) in [6.07, 6.45) is 6.04. The van der Waals surface area contributed by atoms with Crippen molar-refractivity contribution in [2.24, 2.45) is 0 Å². The van der Waals surface area contributed by atoms with Crippen LogP contribution in [0.4, 0.5) is 0 Å². The van der Waals surface area contributed by atoms with E-state index in [9.17, 15) is 0 Å². The van der Waals surface area contributed by atoms with Crippen molar-refractivity contribution in [3.05, 3.63) is 60.2 Å². The molecule has 10 nitrogen and oxygen atoms in total. The Bertz CT molecular complexity index is 1170. The first-order valence-corrected chi connectivity index (χ1v) is 19.1. The van der Waals surface area contributed by atoms with Gasteiger partial charge in [-0.05, 0) is 64.3 Å². The van der Waals surface area contributed by atoms with E-state index in [4.69, 9.17) is 23.2 Å². The van der Waals surface area contributed by atoms with E-state index in [2.05, 4.69) is 87.5 Å². The summed E-state index contributed by atoms with van der Waals surface area (Å²) in [4.78, 5) is 28.9. The molecule has 52 heavy (non-hydrogen) atoms. The summed E-state index contributed by atoms with van der Waals surface area (Å²) in [5, 5.41) is 0. The molecule has 2 radical (unpaired) electrons. The van der Waals surface area contributed by atoms with Crippen LogP contribution < -0.4 is 24.8 Å². The Morgan fingerprint density at radius 1 is 0.538 bits per heavy atom. The first-order chi connectivity index (χ1) is 23.4. The van der Waals surface area contributed by atoms with Crippen LogP contribution >= 0.6 is 23.2 Å². The van der Waals surface area contributed by atoms with E-state index < -0.39 is 0 Å². The predicted molar refractivity (Wildman–Crippen MR) is 199 cm³/mol. The van der Waals surface area contributed by atoms with E-state index in [1.807, 2.05) is 24.5 Å². The van der Waals surface area contributed by atoms with Crippen LogP contribution in [0.15, 0.2) is 48.8 Å². The monoisotopic (exact) mass is 882 g/mol. The van der Waals surface area contributed by atoms with E-state index in [-0.39, 0.29) is 70.0 Å². The number of nitrogens with zero attached hydrogens (tertiary/aromatic N) is 10. The topological polar surface area (TPSA) is 51.7 Å². The molecule has 6 rings (SSSR count). The van der Waals surface area contributed by atoms with Gasteiger partial charge in [-0.25, -0.2) is 0 Å². The molecule has 0 amide bonds. The zero-order chi connectivity index (χ0) is 33.6. The first-order valence-electron chi connectivity index (χ1n) is 18.2. The van der Waals surface area contributed by atoms with Crippen molar-refractivity contribution < 1.29 is 59.0 Å². The van der Waals surface area contributed by atoms with Crippen LogP contribution in [0, 0.1) is 0 Å². The van der Waals surface area contributed by atoms with Crippen molar-refractivity contribution in [3.8, 4) is 0 Å². The summed E-state index contributed by atoms with van der Waals surface area (Å²) in [6, 6.07) is 12.4. The number of hydrogen-bond acceptors (Lipinski definition) is 10. The molecule has 6 unspecified atom stereocenters. The second-order valence-corrected chi connectivity index (χ2v) is 15.0. The van der Waals surface area contributed by atoms with Gasteiger partial charge in [-0.3, -0.25) is 34.5 Å². The third kappa shape index (κ3) is 18.0. The molecule has 4 fully saturated rings. The molecular formula is C36H60Cl4Mn2N10+2. The van der Waals surface area contributed by atoms with E-state index >= 15 is 0 Å². The van der Waals surface area contributed by atoms with Gasteiger partial charge in [0.2, 0.25) is 0 Å². The summed E-state index contributed by atoms with van der Waals surface area (Å²) in [6.45, 7) is 21.5. The van der Waals surface area contributed by atoms with Crippen molar-refractivity contribution in [2.75, 3.05) is 132 Å². The van der Waals surface area contributed by atoms with Crippen molar-refractivity contribution in [1.29, 1.82) is 0 Å². The van der Waals surface area contributed by atoms with Crippen molar-refractivity contribution in [1.82, 2.24) is 49.2 Å². The van der Waals surface area contributed by atoms with E-state index in [0.29, 0.717) is 0 Å². The molecule has 0 N–H and O–H groups in total. The molecule has 0 saturated carbocycles. The molecule has 294 valence electrons. The van der Waals surface area contributed by atoms with E-state index in [0.717, 1.165) is 142 Å². The summed E-state index contributed by atoms with van der Waals surface area (Å²) < 4.78 is 0. The van der Waals surface area contributed by atoms with Crippen LogP contribution in [0.25, 0.3) is 0 Å². The van der Waals surface area contributed by atoms with Gasteiger partial charge in [-0.1, -0.05) is 12.1 Å². The van der Waals surface area contributed by atoms with Gasteiger partial charge in [0.05, 0.1) is 22.4 Å². The van der Waals surface area contributed by atoms with Gasteiger partial charge >= 0.3 is 34.1 Å². The van der Waals surface area contributed by atoms with Crippen LogP contribution in [0.3, 0.4) is 0 Å². The molecule has 0 aromatic carbocycles. The molecule has 4 aliphatic heterocycles. The average Bonchev–Trinajstić information content (AvgIpc) is 3.23. The molecule has 16 heteroatoms. The quantitative estimate of drug-likeness (QED) is 0.179. The van der Waals surface area contributed by atoms with Crippen molar-refractivity contribution in [2.45, 2.75) is 36.9 Å². The number of rotatable bonds is 4. The number of alkyl halides is 2. The number of likely N-dealkylation sites (N-methyl/N-ethyl adjacent to an activating group) is 2. The first kappa shape index (κ1) is 50.2. The smallest absolute Gasteiger partial charge is 1.00 e. The standard InChI is InChI=1S/C19H32ClN5.C17H28ClN5.2ClH.2Mn/c1-22-10-6-19(20)25-15-13-23(12-11-22)8-4-9-24(14-16-25)17-18-5-2-3-7-21-18;1-20-6-7-21-8-9-22(14-16-4-2-3-5-19-16)11-13-23(12-10-21)17(18)15-20;;;;/h2-3,5,7,19H,4,6,8-17H2,1H3;2-5,17H,6-15H2,1H3;2*1H;;/q;;;;2*+2/p-2. The summed E-state index contributed by atoms with van der Waals surface area (Å²) >= 11 is 13.4. The second-order valence-electron chi connectivity index (χ2n) is 14.0. The SMILES string of the molecule is CN1CCC(Cl)N2CCN(CCCN(Cc3ccccn3)CC2)CC1.CN1CCN2CCN(Cc3ccccn3)CCN(CC2)C(Cl)C1.[Cl-].[Cl-].[Mn+2].[Mn+2]. The predicted octanol–water partition coefficient (Wildman–Crippen LogP) is -3.19. The van der Waals surface area contributed by atoms with E-state index in [1.54, 1.807) is 0 Å². The molecule has 2 aromatic heterocycles.